The summed E-state index contributed by atoms with van der Waals surface area (Å²) >= 11 is 4.89. The van der Waals surface area contributed by atoms with E-state index in [9.17, 15) is 4.79 Å². The lowest BCUT2D eigenvalue weighted by atomic mass is 9.95. The molecular formula is C13H18N2O2S. The fourth-order valence-electron chi connectivity index (χ4n) is 1.26. The summed E-state index contributed by atoms with van der Waals surface area (Å²) in [6.07, 6.45) is 0. The van der Waals surface area contributed by atoms with Crippen LogP contribution in [0.25, 0.3) is 0 Å². The number of thiocarbonyl (C=S) groups is 1. The third-order valence-electron chi connectivity index (χ3n) is 2.42. The van der Waals surface area contributed by atoms with E-state index in [1.165, 1.54) is 7.11 Å². The molecule has 98 valence electrons. The van der Waals surface area contributed by atoms with Gasteiger partial charge in [-0.3, -0.25) is 4.79 Å². The van der Waals surface area contributed by atoms with Gasteiger partial charge in [-0.05, 0) is 18.2 Å². The molecule has 0 radical (unpaired) electrons. The fourth-order valence-corrected chi connectivity index (χ4v) is 1.38. The Bertz CT molecular complexity index is 478. The zero-order valence-electron chi connectivity index (χ0n) is 11.0. The Morgan fingerprint density at radius 2 is 2.00 bits per heavy atom. The number of hydrogen-bond acceptors (Lipinski definition) is 3. The van der Waals surface area contributed by atoms with Crippen molar-refractivity contribution in [1.29, 1.82) is 0 Å². The van der Waals surface area contributed by atoms with E-state index in [4.69, 9.17) is 22.7 Å². The van der Waals surface area contributed by atoms with Gasteiger partial charge in [0.15, 0.2) is 0 Å². The van der Waals surface area contributed by atoms with Crippen molar-refractivity contribution in [2.75, 3.05) is 12.4 Å². The second-order valence-electron chi connectivity index (χ2n) is 4.98. The van der Waals surface area contributed by atoms with E-state index in [1.54, 1.807) is 18.2 Å². The lowest BCUT2D eigenvalue weighted by molar-refractivity contribution is -0.123. The van der Waals surface area contributed by atoms with E-state index in [-0.39, 0.29) is 5.91 Å². The topological polar surface area (TPSA) is 64.3 Å². The number of amides is 1. The van der Waals surface area contributed by atoms with Crippen molar-refractivity contribution in [2.24, 2.45) is 11.1 Å². The molecule has 0 bridgehead atoms. The van der Waals surface area contributed by atoms with Crippen LogP contribution in [0, 0.1) is 5.41 Å². The third-order valence-corrected chi connectivity index (χ3v) is 2.65. The van der Waals surface area contributed by atoms with Crippen LogP contribution in [0.3, 0.4) is 0 Å². The average molecular weight is 266 g/mol. The molecule has 0 aliphatic carbocycles. The molecule has 0 saturated carbocycles. The van der Waals surface area contributed by atoms with Crippen molar-refractivity contribution in [1.82, 2.24) is 0 Å². The molecule has 1 rings (SSSR count). The maximum Gasteiger partial charge on any atom is 0.229 e. The van der Waals surface area contributed by atoms with Crippen molar-refractivity contribution in [3.05, 3.63) is 23.8 Å². The number of nitrogens with one attached hydrogen (secondary N) is 1. The largest absolute Gasteiger partial charge is 0.495 e. The summed E-state index contributed by atoms with van der Waals surface area (Å²) in [6, 6.07) is 5.20. The standard InChI is InChI=1S/C13H18N2O2S/c1-13(2,3)12(16)15-9-6-5-8(11(14)18)7-10(9)17-4/h5-7H,1-4H3,(H2,14,18)(H,15,16). The summed E-state index contributed by atoms with van der Waals surface area (Å²) in [7, 11) is 1.53. The van der Waals surface area contributed by atoms with Crippen molar-refractivity contribution in [3.63, 3.8) is 0 Å². The van der Waals surface area contributed by atoms with Crippen LogP contribution in [0.2, 0.25) is 0 Å². The van der Waals surface area contributed by atoms with Crippen LogP contribution in [0.4, 0.5) is 5.69 Å². The molecule has 1 aromatic rings. The number of hydrogen-bond donors (Lipinski definition) is 2. The van der Waals surface area contributed by atoms with E-state index in [0.717, 1.165) is 0 Å². The molecule has 1 aromatic carbocycles. The van der Waals surface area contributed by atoms with Crippen LogP contribution >= 0.6 is 12.2 Å². The summed E-state index contributed by atoms with van der Waals surface area (Å²) in [5, 5.41) is 2.82. The van der Waals surface area contributed by atoms with Gasteiger partial charge in [-0.1, -0.05) is 33.0 Å². The van der Waals surface area contributed by atoms with Gasteiger partial charge in [-0.2, -0.15) is 0 Å². The Labute approximate surface area is 113 Å². The number of carbonyl (C=O) groups is 1. The van der Waals surface area contributed by atoms with Gasteiger partial charge in [-0.25, -0.2) is 0 Å². The van der Waals surface area contributed by atoms with E-state index in [2.05, 4.69) is 5.32 Å². The first-order chi connectivity index (χ1) is 8.25. The average Bonchev–Trinajstić information content (AvgIpc) is 2.27. The zero-order chi connectivity index (χ0) is 13.9. The summed E-state index contributed by atoms with van der Waals surface area (Å²) in [5.74, 6) is 0.460. The minimum absolute atomic E-state index is 0.0797. The van der Waals surface area contributed by atoms with Gasteiger partial charge in [-0.15, -0.1) is 0 Å². The lowest BCUT2D eigenvalue weighted by Crippen LogP contribution is -2.27. The highest BCUT2D eigenvalue weighted by Crippen LogP contribution is 2.27. The highest BCUT2D eigenvalue weighted by Gasteiger charge is 2.22. The quantitative estimate of drug-likeness (QED) is 0.824. The van der Waals surface area contributed by atoms with Crippen molar-refractivity contribution < 1.29 is 9.53 Å². The van der Waals surface area contributed by atoms with Gasteiger partial charge in [0.2, 0.25) is 5.91 Å². The molecule has 0 heterocycles. The van der Waals surface area contributed by atoms with Crippen LogP contribution in [0.5, 0.6) is 5.75 Å². The highest BCUT2D eigenvalue weighted by molar-refractivity contribution is 7.80. The Morgan fingerprint density at radius 3 is 2.44 bits per heavy atom. The molecule has 0 fully saturated rings. The molecule has 1 amide bonds. The van der Waals surface area contributed by atoms with Crippen LogP contribution in [0.15, 0.2) is 18.2 Å². The Balaban J connectivity index is 3.04. The maximum absolute atomic E-state index is 11.9. The molecule has 0 spiro atoms. The van der Waals surface area contributed by atoms with E-state index >= 15 is 0 Å². The molecule has 0 atom stereocenters. The highest BCUT2D eigenvalue weighted by atomic mass is 32.1. The van der Waals surface area contributed by atoms with Crippen molar-refractivity contribution in [3.8, 4) is 5.75 Å². The van der Waals surface area contributed by atoms with Gasteiger partial charge in [0.05, 0.1) is 12.8 Å². The Morgan fingerprint density at radius 1 is 1.39 bits per heavy atom. The molecule has 0 aliphatic rings. The first-order valence-corrected chi connectivity index (χ1v) is 5.96. The summed E-state index contributed by atoms with van der Waals surface area (Å²) in [6.45, 7) is 5.54. The van der Waals surface area contributed by atoms with Gasteiger partial charge in [0.1, 0.15) is 10.7 Å². The first-order valence-electron chi connectivity index (χ1n) is 5.55. The van der Waals surface area contributed by atoms with Crippen LogP contribution < -0.4 is 15.8 Å². The normalized spacial score (nSPS) is 10.9. The molecule has 3 N–H and O–H groups in total. The zero-order valence-corrected chi connectivity index (χ0v) is 11.9. The molecule has 5 heteroatoms. The SMILES string of the molecule is COc1cc(C(N)=S)ccc1NC(=O)C(C)(C)C. The first kappa shape index (κ1) is 14.4. The molecule has 0 aromatic heterocycles. The predicted octanol–water partition coefficient (Wildman–Crippen LogP) is 2.31. The van der Waals surface area contributed by atoms with E-state index in [1.807, 2.05) is 20.8 Å². The molecule has 0 saturated heterocycles. The fraction of sp³-hybridized carbons (Fsp3) is 0.385. The molecule has 18 heavy (non-hydrogen) atoms. The van der Waals surface area contributed by atoms with Gasteiger partial charge in [0, 0.05) is 11.0 Å². The van der Waals surface area contributed by atoms with E-state index in [0.29, 0.717) is 22.0 Å². The minimum atomic E-state index is -0.465. The van der Waals surface area contributed by atoms with E-state index < -0.39 is 5.41 Å². The Hall–Kier alpha value is -1.62. The maximum atomic E-state index is 11.9. The van der Waals surface area contributed by atoms with Crippen molar-refractivity contribution in [2.45, 2.75) is 20.8 Å². The van der Waals surface area contributed by atoms with Crippen molar-refractivity contribution >= 4 is 28.8 Å². The van der Waals surface area contributed by atoms with Gasteiger partial charge < -0.3 is 15.8 Å². The number of benzene rings is 1. The number of anilines is 1. The van der Waals surface area contributed by atoms with Crippen LogP contribution in [-0.4, -0.2) is 18.0 Å². The minimum Gasteiger partial charge on any atom is -0.495 e. The summed E-state index contributed by atoms with van der Waals surface area (Å²) < 4.78 is 5.22. The van der Waals surface area contributed by atoms with Gasteiger partial charge >= 0.3 is 0 Å². The second-order valence-corrected chi connectivity index (χ2v) is 5.42. The molecule has 0 unspecified atom stereocenters. The Kier molecular flexibility index (Phi) is 4.29. The van der Waals surface area contributed by atoms with Crippen LogP contribution in [-0.2, 0) is 4.79 Å². The molecular weight excluding hydrogens is 248 g/mol. The predicted molar refractivity (Wildman–Crippen MR) is 77.0 cm³/mol. The molecule has 4 nitrogen and oxygen atoms in total. The smallest absolute Gasteiger partial charge is 0.229 e. The van der Waals surface area contributed by atoms with Crippen LogP contribution in [0.1, 0.15) is 26.3 Å². The third kappa shape index (κ3) is 3.43. The number of rotatable bonds is 3. The number of ether oxygens (including phenoxy) is 1. The second kappa shape index (κ2) is 5.35. The monoisotopic (exact) mass is 266 g/mol. The molecule has 0 aliphatic heterocycles. The number of carbonyl (C=O) groups excluding carboxylic acids is 1. The summed E-state index contributed by atoms with van der Waals surface area (Å²) in [5.41, 5.74) is 6.39. The number of methoxy groups -OCH3 is 1. The van der Waals surface area contributed by atoms with Gasteiger partial charge in [0.25, 0.3) is 0 Å². The number of nitrogens with two attached hydrogens (primary N) is 1. The summed E-state index contributed by atoms with van der Waals surface area (Å²) in [4.78, 5) is 12.2. The lowest BCUT2D eigenvalue weighted by Gasteiger charge is -2.19.